The van der Waals surface area contributed by atoms with Crippen LogP contribution in [-0.2, 0) is 4.79 Å². The van der Waals surface area contributed by atoms with E-state index < -0.39 is 0 Å². The van der Waals surface area contributed by atoms with Crippen LogP contribution in [0.25, 0.3) is 0 Å². The second-order valence-electron chi connectivity index (χ2n) is 5.04. The van der Waals surface area contributed by atoms with Crippen LogP contribution in [0.15, 0.2) is 36.4 Å². The number of aryl methyl sites for hydroxylation is 1. The number of hydrogen-bond donors (Lipinski definition) is 2. The average Bonchev–Trinajstić information content (AvgIpc) is 2.42. The van der Waals surface area contributed by atoms with Crippen molar-refractivity contribution in [3.8, 4) is 0 Å². The lowest BCUT2D eigenvalue weighted by molar-refractivity contribution is -0.129. The molecule has 0 bridgehead atoms. The van der Waals surface area contributed by atoms with E-state index in [1.165, 1.54) is 0 Å². The number of nitrogens with zero attached hydrogens (tertiary/aromatic N) is 1. The number of hydrogen-bond acceptors (Lipinski definition) is 2. The van der Waals surface area contributed by atoms with E-state index in [2.05, 4.69) is 17.2 Å². The van der Waals surface area contributed by atoms with Gasteiger partial charge >= 0.3 is 6.03 Å². The van der Waals surface area contributed by atoms with Crippen LogP contribution >= 0.6 is 0 Å². The van der Waals surface area contributed by atoms with Crippen LogP contribution in [0.4, 0.5) is 10.5 Å². The first kappa shape index (κ1) is 16.8. The van der Waals surface area contributed by atoms with Gasteiger partial charge in [-0.25, -0.2) is 4.79 Å². The molecule has 21 heavy (non-hydrogen) atoms. The molecule has 1 aromatic carbocycles. The van der Waals surface area contributed by atoms with Crippen LogP contribution in [0.1, 0.15) is 19.4 Å². The summed E-state index contributed by atoms with van der Waals surface area (Å²) in [5, 5.41) is 5.26. The Labute approximate surface area is 126 Å². The molecule has 5 nitrogen and oxygen atoms in total. The van der Waals surface area contributed by atoms with E-state index in [-0.39, 0.29) is 18.5 Å². The summed E-state index contributed by atoms with van der Waals surface area (Å²) in [6, 6.07) is 7.08. The zero-order chi connectivity index (χ0) is 15.8. The van der Waals surface area contributed by atoms with Gasteiger partial charge in [0.05, 0.1) is 6.54 Å². The van der Waals surface area contributed by atoms with Crippen molar-refractivity contribution >= 4 is 17.6 Å². The number of urea groups is 1. The summed E-state index contributed by atoms with van der Waals surface area (Å²) < 4.78 is 0. The van der Waals surface area contributed by atoms with Gasteiger partial charge in [-0.1, -0.05) is 24.3 Å². The van der Waals surface area contributed by atoms with Gasteiger partial charge in [-0.2, -0.15) is 0 Å². The van der Waals surface area contributed by atoms with Gasteiger partial charge in [-0.15, -0.1) is 0 Å². The maximum Gasteiger partial charge on any atom is 0.319 e. The Morgan fingerprint density at radius 3 is 2.62 bits per heavy atom. The number of nitrogens with one attached hydrogen (secondary N) is 2. The quantitative estimate of drug-likeness (QED) is 0.791. The minimum Gasteiger partial charge on any atom is -0.337 e. The smallest absolute Gasteiger partial charge is 0.319 e. The predicted octanol–water partition coefficient (Wildman–Crippen LogP) is 2.54. The molecule has 114 valence electrons. The molecule has 0 saturated carbocycles. The first-order chi connectivity index (χ1) is 9.92. The lowest BCUT2D eigenvalue weighted by Crippen LogP contribution is -2.42. The van der Waals surface area contributed by atoms with Gasteiger partial charge in [0, 0.05) is 18.8 Å². The predicted molar refractivity (Wildman–Crippen MR) is 85.3 cm³/mol. The van der Waals surface area contributed by atoms with Gasteiger partial charge in [-0.05, 0) is 38.5 Å². The molecule has 0 radical (unpaired) electrons. The molecule has 2 N–H and O–H groups in total. The van der Waals surface area contributed by atoms with Gasteiger partial charge in [0.25, 0.3) is 0 Å². The summed E-state index contributed by atoms with van der Waals surface area (Å²) in [6.07, 6.45) is 0. The van der Waals surface area contributed by atoms with Gasteiger partial charge in [0.2, 0.25) is 5.91 Å². The number of carbonyl (C=O) groups is 2. The van der Waals surface area contributed by atoms with Crippen LogP contribution in [0.3, 0.4) is 0 Å². The van der Waals surface area contributed by atoms with Gasteiger partial charge in [0.15, 0.2) is 0 Å². The van der Waals surface area contributed by atoms with Crippen LogP contribution in [-0.4, -0.2) is 36.5 Å². The molecule has 0 aliphatic heterocycles. The molecule has 0 aliphatic rings. The van der Waals surface area contributed by atoms with Crippen LogP contribution in [0.5, 0.6) is 0 Å². The fourth-order valence-electron chi connectivity index (χ4n) is 1.87. The molecule has 1 aromatic rings. The van der Waals surface area contributed by atoms with Crippen LogP contribution in [0.2, 0.25) is 0 Å². The summed E-state index contributed by atoms with van der Waals surface area (Å²) >= 11 is 0. The van der Waals surface area contributed by atoms with Crippen molar-refractivity contribution in [2.24, 2.45) is 0 Å². The number of amides is 3. The Balaban J connectivity index is 2.45. The Hall–Kier alpha value is -2.30. The molecule has 0 heterocycles. The lowest BCUT2D eigenvalue weighted by atomic mass is 10.2. The van der Waals surface area contributed by atoms with Crippen molar-refractivity contribution in [2.75, 3.05) is 25.0 Å². The molecular formula is C16H23N3O2. The maximum absolute atomic E-state index is 12.0. The van der Waals surface area contributed by atoms with Crippen molar-refractivity contribution in [1.82, 2.24) is 10.2 Å². The fourth-order valence-corrected chi connectivity index (χ4v) is 1.87. The molecule has 0 saturated heterocycles. The first-order valence-electron chi connectivity index (χ1n) is 6.96. The second kappa shape index (κ2) is 8.09. The van der Waals surface area contributed by atoms with E-state index in [0.717, 1.165) is 11.1 Å². The van der Waals surface area contributed by atoms with Crippen molar-refractivity contribution in [2.45, 2.75) is 20.8 Å². The fraction of sp³-hybridized carbons (Fsp3) is 0.375. The number of likely N-dealkylation sites (N-methyl/N-ethyl adjacent to an activating group) is 1. The van der Waals surface area contributed by atoms with E-state index in [1.54, 1.807) is 11.0 Å². The van der Waals surface area contributed by atoms with E-state index in [1.807, 2.05) is 39.0 Å². The number of rotatable bonds is 6. The SMILES string of the molecule is C=C(C)CN(CC)C(=O)CNC(=O)Nc1cccc(C)c1. The monoisotopic (exact) mass is 289 g/mol. The first-order valence-corrected chi connectivity index (χ1v) is 6.96. The summed E-state index contributed by atoms with van der Waals surface area (Å²) in [5.74, 6) is -0.125. The summed E-state index contributed by atoms with van der Waals surface area (Å²) in [7, 11) is 0. The van der Waals surface area contributed by atoms with Gasteiger partial charge in [-0.3, -0.25) is 4.79 Å². The third kappa shape index (κ3) is 6.12. The molecule has 1 rings (SSSR count). The highest BCUT2D eigenvalue weighted by molar-refractivity contribution is 5.92. The largest absolute Gasteiger partial charge is 0.337 e. The molecule has 5 heteroatoms. The Morgan fingerprint density at radius 1 is 1.33 bits per heavy atom. The van der Waals surface area contributed by atoms with Crippen molar-refractivity contribution < 1.29 is 9.59 Å². The highest BCUT2D eigenvalue weighted by atomic mass is 16.2. The molecule has 0 aromatic heterocycles. The van der Waals surface area contributed by atoms with Crippen molar-refractivity contribution in [1.29, 1.82) is 0 Å². The van der Waals surface area contributed by atoms with Gasteiger partial charge in [0.1, 0.15) is 0 Å². The molecule has 0 aliphatic carbocycles. The zero-order valence-corrected chi connectivity index (χ0v) is 12.9. The van der Waals surface area contributed by atoms with Crippen LogP contribution in [0, 0.1) is 6.92 Å². The third-order valence-electron chi connectivity index (χ3n) is 2.87. The Bertz CT molecular complexity index is 526. The molecule has 0 fully saturated rings. The van der Waals surface area contributed by atoms with E-state index in [0.29, 0.717) is 18.8 Å². The van der Waals surface area contributed by atoms with Gasteiger partial charge < -0.3 is 15.5 Å². The highest BCUT2D eigenvalue weighted by Gasteiger charge is 2.12. The normalized spacial score (nSPS) is 9.86. The van der Waals surface area contributed by atoms with Crippen molar-refractivity contribution in [3.05, 3.63) is 42.0 Å². The van der Waals surface area contributed by atoms with Crippen molar-refractivity contribution in [3.63, 3.8) is 0 Å². The molecular weight excluding hydrogens is 266 g/mol. The topological polar surface area (TPSA) is 61.4 Å². The standard InChI is InChI=1S/C16H23N3O2/c1-5-19(11-12(2)3)15(20)10-17-16(21)18-14-8-6-7-13(4)9-14/h6-9H,2,5,10-11H2,1,3-4H3,(H2,17,18,21). The molecule has 3 amide bonds. The maximum atomic E-state index is 12.0. The summed E-state index contributed by atoms with van der Waals surface area (Å²) in [5.41, 5.74) is 2.67. The Kier molecular flexibility index (Phi) is 6.46. The molecule has 0 spiro atoms. The highest BCUT2D eigenvalue weighted by Crippen LogP contribution is 2.08. The number of anilines is 1. The molecule has 0 atom stereocenters. The van der Waals surface area contributed by atoms with E-state index in [9.17, 15) is 9.59 Å². The zero-order valence-electron chi connectivity index (χ0n) is 12.9. The lowest BCUT2D eigenvalue weighted by Gasteiger charge is -2.21. The third-order valence-corrected chi connectivity index (χ3v) is 2.87. The summed E-state index contributed by atoms with van der Waals surface area (Å²) in [4.78, 5) is 25.4. The van der Waals surface area contributed by atoms with Crippen LogP contribution < -0.4 is 10.6 Å². The number of benzene rings is 1. The Morgan fingerprint density at radius 2 is 2.05 bits per heavy atom. The van der Waals surface area contributed by atoms with E-state index in [4.69, 9.17) is 0 Å². The molecule has 0 unspecified atom stereocenters. The minimum atomic E-state index is -0.389. The average molecular weight is 289 g/mol. The van der Waals surface area contributed by atoms with E-state index >= 15 is 0 Å². The number of carbonyl (C=O) groups excluding carboxylic acids is 2. The summed E-state index contributed by atoms with van der Waals surface area (Å²) in [6.45, 7) is 10.6. The second-order valence-corrected chi connectivity index (χ2v) is 5.04. The minimum absolute atomic E-state index is 0.0290.